The Morgan fingerprint density at radius 2 is 1.67 bits per heavy atom. The fourth-order valence-corrected chi connectivity index (χ4v) is 5.88. The van der Waals surface area contributed by atoms with E-state index in [0.29, 0.717) is 16.8 Å². The van der Waals surface area contributed by atoms with Crippen molar-refractivity contribution in [3.63, 3.8) is 0 Å². The summed E-state index contributed by atoms with van der Waals surface area (Å²) in [5, 5.41) is 25.6. The molecular weight excluding hydrogens is 465 g/mol. The maximum Gasteiger partial charge on any atom is 0.250 e. The van der Waals surface area contributed by atoms with Crippen molar-refractivity contribution in [1.29, 1.82) is 0 Å². The second kappa shape index (κ2) is 7.89. The van der Waals surface area contributed by atoms with E-state index in [1.165, 1.54) is 35.2 Å². The molecular formula is C27H22FN3O5. The molecule has 3 heterocycles. The average Bonchev–Trinajstić information content (AvgIpc) is 3.43. The number of hydrogen-bond donors (Lipinski definition) is 4. The van der Waals surface area contributed by atoms with Gasteiger partial charge in [-0.05, 0) is 47.9 Å². The number of nitrogens with one attached hydrogen (secondary N) is 2. The summed E-state index contributed by atoms with van der Waals surface area (Å²) in [4.78, 5) is 42.2. The first kappa shape index (κ1) is 22.2. The highest BCUT2D eigenvalue weighted by Crippen LogP contribution is 2.53. The minimum absolute atomic E-state index is 0.0614. The molecule has 2 fully saturated rings. The summed E-state index contributed by atoms with van der Waals surface area (Å²) < 4.78 is 14.4. The highest BCUT2D eigenvalue weighted by atomic mass is 19.1. The molecule has 3 aliphatic heterocycles. The Morgan fingerprint density at radius 1 is 0.889 bits per heavy atom. The van der Waals surface area contributed by atoms with Crippen molar-refractivity contribution in [2.24, 2.45) is 11.8 Å². The van der Waals surface area contributed by atoms with Crippen LogP contribution in [0.15, 0.2) is 66.7 Å². The molecule has 0 aliphatic carbocycles. The SMILES string of the molecule is O=C1[C@H]2C(Cc3ccc(O)c(O)c3)NC3(C(=O)Nc4ccc(F)cc43)[C@H]2C(=O)N1Cc1ccccc1. The Labute approximate surface area is 205 Å². The first-order valence-electron chi connectivity index (χ1n) is 11.6. The Balaban J connectivity index is 1.45. The van der Waals surface area contributed by atoms with Gasteiger partial charge in [0.15, 0.2) is 11.5 Å². The second-order valence-corrected chi connectivity index (χ2v) is 9.48. The van der Waals surface area contributed by atoms with Crippen LogP contribution in [-0.4, -0.2) is 38.9 Å². The normalized spacial score (nSPS) is 26.4. The van der Waals surface area contributed by atoms with E-state index in [1.807, 2.05) is 30.3 Å². The Hall–Kier alpha value is -4.24. The van der Waals surface area contributed by atoms with Gasteiger partial charge < -0.3 is 15.5 Å². The molecule has 1 spiro atoms. The molecule has 0 aromatic heterocycles. The Morgan fingerprint density at radius 3 is 2.42 bits per heavy atom. The van der Waals surface area contributed by atoms with E-state index in [-0.39, 0.29) is 24.5 Å². The summed E-state index contributed by atoms with van der Waals surface area (Å²) in [6, 6.07) is 16.6. The topological polar surface area (TPSA) is 119 Å². The highest BCUT2D eigenvalue weighted by molar-refractivity contribution is 6.15. The molecule has 4 N–H and O–H groups in total. The van der Waals surface area contributed by atoms with Crippen molar-refractivity contribution in [3.8, 4) is 11.5 Å². The van der Waals surface area contributed by atoms with E-state index >= 15 is 0 Å². The van der Waals surface area contributed by atoms with Gasteiger partial charge in [-0.15, -0.1) is 0 Å². The van der Waals surface area contributed by atoms with Crippen molar-refractivity contribution < 1.29 is 29.0 Å². The number of hydrogen-bond acceptors (Lipinski definition) is 6. The number of amides is 3. The highest BCUT2D eigenvalue weighted by Gasteiger charge is 2.70. The van der Waals surface area contributed by atoms with Crippen LogP contribution in [0.5, 0.6) is 11.5 Å². The van der Waals surface area contributed by atoms with Gasteiger partial charge in [0, 0.05) is 17.3 Å². The van der Waals surface area contributed by atoms with Gasteiger partial charge in [-0.2, -0.15) is 0 Å². The molecule has 0 bridgehead atoms. The van der Waals surface area contributed by atoms with Crippen LogP contribution in [0.1, 0.15) is 16.7 Å². The summed E-state index contributed by atoms with van der Waals surface area (Å²) in [5.74, 6) is -4.56. The number of carbonyl (C=O) groups excluding carboxylic acids is 3. The number of phenols is 2. The van der Waals surface area contributed by atoms with Crippen LogP contribution in [0.25, 0.3) is 0 Å². The molecule has 3 aliphatic rings. The number of benzene rings is 3. The van der Waals surface area contributed by atoms with Gasteiger partial charge in [-0.25, -0.2) is 4.39 Å². The van der Waals surface area contributed by atoms with Crippen LogP contribution in [0.4, 0.5) is 10.1 Å². The lowest BCUT2D eigenvalue weighted by molar-refractivity contribution is -0.143. The third kappa shape index (κ3) is 3.12. The van der Waals surface area contributed by atoms with Gasteiger partial charge in [0.1, 0.15) is 11.4 Å². The van der Waals surface area contributed by atoms with Crippen molar-refractivity contribution in [2.75, 3.05) is 5.32 Å². The predicted molar refractivity (Wildman–Crippen MR) is 126 cm³/mol. The summed E-state index contributed by atoms with van der Waals surface area (Å²) in [7, 11) is 0. The van der Waals surface area contributed by atoms with Crippen LogP contribution in [0, 0.1) is 17.7 Å². The molecule has 3 aromatic carbocycles. The number of likely N-dealkylation sites (tertiary alicyclic amines) is 1. The maximum atomic E-state index is 14.4. The van der Waals surface area contributed by atoms with Crippen LogP contribution in [0.3, 0.4) is 0 Å². The van der Waals surface area contributed by atoms with Gasteiger partial charge in [-0.1, -0.05) is 36.4 Å². The summed E-state index contributed by atoms with van der Waals surface area (Å²) in [6.45, 7) is 0.0614. The molecule has 182 valence electrons. The number of rotatable bonds is 4. The van der Waals surface area contributed by atoms with E-state index in [9.17, 15) is 29.0 Å². The molecule has 9 heteroatoms. The third-order valence-electron chi connectivity index (χ3n) is 7.45. The van der Waals surface area contributed by atoms with E-state index in [1.54, 1.807) is 6.07 Å². The first-order valence-corrected chi connectivity index (χ1v) is 11.6. The molecule has 36 heavy (non-hydrogen) atoms. The van der Waals surface area contributed by atoms with Gasteiger partial charge >= 0.3 is 0 Å². The minimum Gasteiger partial charge on any atom is -0.504 e. The van der Waals surface area contributed by atoms with E-state index in [0.717, 1.165) is 5.56 Å². The molecule has 2 saturated heterocycles. The summed E-state index contributed by atoms with van der Waals surface area (Å²) in [6.07, 6.45) is 0.187. The molecule has 2 unspecified atom stereocenters. The van der Waals surface area contributed by atoms with Crippen LogP contribution >= 0.6 is 0 Å². The first-order chi connectivity index (χ1) is 17.3. The Kier molecular flexibility index (Phi) is 4.87. The fourth-order valence-electron chi connectivity index (χ4n) is 5.88. The lowest BCUT2D eigenvalue weighted by Crippen LogP contribution is -2.53. The molecule has 4 atom stereocenters. The summed E-state index contributed by atoms with van der Waals surface area (Å²) in [5.41, 5.74) is 0.421. The lowest BCUT2D eigenvalue weighted by atomic mass is 9.76. The lowest BCUT2D eigenvalue weighted by Gasteiger charge is -2.29. The van der Waals surface area contributed by atoms with Gasteiger partial charge in [0.05, 0.1) is 18.4 Å². The van der Waals surface area contributed by atoms with Crippen molar-refractivity contribution in [3.05, 3.63) is 89.2 Å². The summed E-state index contributed by atoms with van der Waals surface area (Å²) >= 11 is 0. The monoisotopic (exact) mass is 487 g/mol. The second-order valence-electron chi connectivity index (χ2n) is 9.48. The van der Waals surface area contributed by atoms with Gasteiger partial charge in [0.25, 0.3) is 0 Å². The van der Waals surface area contributed by atoms with E-state index < -0.39 is 47.0 Å². The average molecular weight is 487 g/mol. The number of aromatic hydroxyl groups is 2. The fraction of sp³-hybridized carbons (Fsp3) is 0.222. The molecule has 8 nitrogen and oxygen atoms in total. The number of halogens is 1. The zero-order valence-corrected chi connectivity index (χ0v) is 18.9. The number of imide groups is 1. The van der Waals surface area contributed by atoms with Crippen molar-refractivity contribution >= 4 is 23.4 Å². The molecule has 3 aromatic rings. The standard InChI is InChI=1S/C27H22FN3O5/c28-16-7-8-18-17(12-16)27(26(36)29-18)23-22(19(30-27)10-15-6-9-20(32)21(33)11-15)24(34)31(25(23)35)13-14-4-2-1-3-5-14/h1-9,11-12,19,22-23,30,32-33H,10,13H2,(H,29,36)/t19?,22-,23+,27?/m0/s1. The number of nitrogens with zero attached hydrogens (tertiary/aromatic N) is 1. The smallest absolute Gasteiger partial charge is 0.250 e. The number of fused-ring (bicyclic) bond motifs is 4. The van der Waals surface area contributed by atoms with Crippen LogP contribution < -0.4 is 10.6 Å². The Bertz CT molecular complexity index is 1430. The largest absolute Gasteiger partial charge is 0.504 e. The molecule has 3 amide bonds. The quantitative estimate of drug-likeness (QED) is 0.332. The zero-order valence-electron chi connectivity index (χ0n) is 18.9. The molecule has 6 rings (SSSR count). The zero-order chi connectivity index (χ0) is 25.2. The third-order valence-corrected chi connectivity index (χ3v) is 7.45. The van der Waals surface area contributed by atoms with Gasteiger partial charge in [-0.3, -0.25) is 24.6 Å². The number of anilines is 1. The van der Waals surface area contributed by atoms with E-state index in [2.05, 4.69) is 10.6 Å². The predicted octanol–water partition coefficient (Wildman–Crippen LogP) is 2.40. The van der Waals surface area contributed by atoms with Crippen LogP contribution in [0.2, 0.25) is 0 Å². The molecule has 0 radical (unpaired) electrons. The van der Waals surface area contributed by atoms with Gasteiger partial charge in [0.2, 0.25) is 17.7 Å². The number of carbonyl (C=O) groups is 3. The van der Waals surface area contributed by atoms with Crippen molar-refractivity contribution in [1.82, 2.24) is 10.2 Å². The minimum atomic E-state index is -1.62. The van der Waals surface area contributed by atoms with Crippen molar-refractivity contribution in [2.45, 2.75) is 24.5 Å². The van der Waals surface area contributed by atoms with E-state index in [4.69, 9.17) is 0 Å². The molecule has 0 saturated carbocycles. The number of phenolic OH excluding ortho intramolecular Hbond substituents is 2. The maximum absolute atomic E-state index is 14.4. The van der Waals surface area contributed by atoms with Crippen LogP contribution in [-0.2, 0) is 32.9 Å².